The van der Waals surface area contributed by atoms with Gasteiger partial charge in [-0.3, -0.25) is 52.7 Å². The zero-order valence-corrected chi connectivity index (χ0v) is 41.4. The van der Waals surface area contributed by atoms with E-state index in [2.05, 4.69) is 60.1 Å². The summed E-state index contributed by atoms with van der Waals surface area (Å²) in [6.45, 7) is 4.21. The Balaban J connectivity index is 1.46. The molecule has 1 aromatic heterocycles. The van der Waals surface area contributed by atoms with Crippen molar-refractivity contribution in [2.75, 3.05) is 18.9 Å². The number of aliphatic hydroxyl groups excluding tert-OH is 2. The molecular formula is C47H63N11O14S. The summed E-state index contributed by atoms with van der Waals surface area (Å²) < 4.78 is 0. The summed E-state index contributed by atoms with van der Waals surface area (Å²) in [6, 6.07) is 2.63. The molecule has 0 spiro atoms. The fourth-order valence-electron chi connectivity index (χ4n) is 7.87. The molecular weight excluding hydrogens is 975 g/mol. The second kappa shape index (κ2) is 27.3. The van der Waals surface area contributed by atoms with Crippen molar-refractivity contribution in [1.82, 2.24) is 52.4 Å². The minimum Gasteiger partial charge on any atom is -0.481 e. The van der Waals surface area contributed by atoms with E-state index in [1.165, 1.54) is 25.7 Å². The fourth-order valence-corrected chi connectivity index (χ4v) is 8.13. The van der Waals surface area contributed by atoms with Gasteiger partial charge in [-0.1, -0.05) is 48.5 Å². The third kappa shape index (κ3) is 16.7. The van der Waals surface area contributed by atoms with Gasteiger partial charge < -0.3 is 73.5 Å². The molecule has 26 heteroatoms. The molecule has 1 fully saturated rings. The normalized spacial score (nSPS) is 16.9. The third-order valence-electron chi connectivity index (χ3n) is 11.8. The number of fused-ring (bicyclic) bond motifs is 1. The van der Waals surface area contributed by atoms with E-state index >= 15 is 0 Å². The SMILES string of the molecule is CC(=O)N[C@@H](C)C(=O)N[C@@H](CO)C(=O)N1CCC[C@H]1C(=O)N[C@@H](Cc1c[nH]c2ccccc12)C(=O)N[C@@H](C)C(=O)N[C@H](C(=O)N[C@@H](CS)C(=O)N[C@@H](CC(=O)O)C(=O)N[C@@H](Cc1ccccc1)C(N)=O)[C@@H](C)O. The van der Waals surface area contributed by atoms with Gasteiger partial charge in [0.2, 0.25) is 59.1 Å². The van der Waals surface area contributed by atoms with Crippen LogP contribution in [0, 0.1) is 0 Å². The van der Waals surface area contributed by atoms with Crippen molar-refractivity contribution in [2.24, 2.45) is 5.73 Å². The number of benzene rings is 2. The zero-order valence-electron chi connectivity index (χ0n) is 40.5. The molecule has 4 rings (SSSR count). The number of amides is 10. The number of aliphatic carboxylic acids is 1. The van der Waals surface area contributed by atoms with E-state index in [0.717, 1.165) is 6.92 Å². The van der Waals surface area contributed by atoms with E-state index in [4.69, 9.17) is 5.73 Å². The molecule has 10 atom stereocenters. The van der Waals surface area contributed by atoms with Crippen LogP contribution in [0.25, 0.3) is 10.9 Å². The van der Waals surface area contributed by atoms with Gasteiger partial charge in [0.1, 0.15) is 54.4 Å². The van der Waals surface area contributed by atoms with Crippen LogP contribution in [-0.4, -0.2) is 170 Å². The number of carbonyl (C=O) groups is 11. The molecule has 2 aromatic carbocycles. The predicted octanol–water partition coefficient (Wildman–Crippen LogP) is -3.85. The van der Waals surface area contributed by atoms with E-state index < -0.39 is 144 Å². The number of nitrogens with one attached hydrogen (secondary N) is 9. The van der Waals surface area contributed by atoms with Gasteiger partial charge in [-0.05, 0) is 50.8 Å². The van der Waals surface area contributed by atoms with Crippen LogP contribution in [0.5, 0.6) is 0 Å². The van der Waals surface area contributed by atoms with Crippen LogP contribution in [0.3, 0.4) is 0 Å². The minimum absolute atomic E-state index is 0.0497. The third-order valence-corrected chi connectivity index (χ3v) is 12.1. The number of hydrogen-bond donors (Lipinski definition) is 14. The van der Waals surface area contributed by atoms with Crippen LogP contribution in [0.1, 0.15) is 58.1 Å². The molecule has 0 bridgehead atoms. The van der Waals surface area contributed by atoms with Crippen molar-refractivity contribution >= 4 is 88.6 Å². The van der Waals surface area contributed by atoms with Gasteiger partial charge in [-0.15, -0.1) is 0 Å². The quantitative estimate of drug-likeness (QED) is 0.0343. The van der Waals surface area contributed by atoms with Gasteiger partial charge in [0.15, 0.2) is 0 Å². The first-order chi connectivity index (χ1) is 34.5. The van der Waals surface area contributed by atoms with Crippen molar-refractivity contribution in [1.29, 1.82) is 0 Å². The Morgan fingerprint density at radius 3 is 1.89 bits per heavy atom. The maximum absolute atomic E-state index is 14.1. The van der Waals surface area contributed by atoms with Gasteiger partial charge in [0.05, 0.1) is 19.1 Å². The number of primary amides is 1. The van der Waals surface area contributed by atoms with Crippen molar-refractivity contribution < 1.29 is 68.1 Å². The molecule has 0 saturated carbocycles. The topological polar surface area (TPSA) is 390 Å². The Hall–Kier alpha value is -7.58. The van der Waals surface area contributed by atoms with E-state index in [1.54, 1.807) is 60.8 Å². The molecule has 0 radical (unpaired) electrons. The minimum atomic E-state index is -1.77. The second-order valence-electron chi connectivity index (χ2n) is 17.5. The number of aromatic amines is 1. The lowest BCUT2D eigenvalue weighted by Crippen LogP contribution is -2.62. The Morgan fingerprint density at radius 2 is 1.27 bits per heavy atom. The van der Waals surface area contributed by atoms with Crippen LogP contribution in [0.2, 0.25) is 0 Å². The van der Waals surface area contributed by atoms with Gasteiger partial charge in [0.25, 0.3) is 0 Å². The first kappa shape index (κ1) is 58.0. The predicted molar refractivity (Wildman–Crippen MR) is 263 cm³/mol. The van der Waals surface area contributed by atoms with Crippen molar-refractivity contribution in [2.45, 2.75) is 120 Å². The molecule has 25 nitrogen and oxygen atoms in total. The number of hydrogen-bond acceptors (Lipinski definition) is 14. The average molecular weight is 1040 g/mol. The van der Waals surface area contributed by atoms with Crippen LogP contribution in [-0.2, 0) is 65.6 Å². The number of carbonyl (C=O) groups excluding carboxylic acids is 10. The van der Waals surface area contributed by atoms with E-state index in [1.807, 2.05) is 0 Å². The highest BCUT2D eigenvalue weighted by molar-refractivity contribution is 7.80. The molecule has 1 aliphatic heterocycles. The summed E-state index contributed by atoms with van der Waals surface area (Å²) in [5.74, 6) is -10.9. The number of nitrogens with zero attached hydrogens (tertiary/aromatic N) is 1. The first-order valence-corrected chi connectivity index (χ1v) is 23.9. The average Bonchev–Trinajstić information content (AvgIpc) is 4.01. The number of carboxylic acid groups (broad SMARTS) is 1. The number of H-pyrrole nitrogens is 1. The second-order valence-corrected chi connectivity index (χ2v) is 17.9. The first-order valence-electron chi connectivity index (χ1n) is 23.2. The summed E-state index contributed by atoms with van der Waals surface area (Å²) >= 11 is 4.11. The monoisotopic (exact) mass is 1040 g/mol. The van der Waals surface area contributed by atoms with E-state index in [-0.39, 0.29) is 25.8 Å². The van der Waals surface area contributed by atoms with Crippen molar-refractivity contribution in [3.05, 3.63) is 71.9 Å². The molecule has 73 heavy (non-hydrogen) atoms. The van der Waals surface area contributed by atoms with E-state index in [9.17, 15) is 68.1 Å². The molecule has 2 heterocycles. The highest BCUT2D eigenvalue weighted by Crippen LogP contribution is 2.22. The molecule has 3 aromatic rings. The molecule has 0 unspecified atom stereocenters. The Kier molecular flexibility index (Phi) is 21.7. The Morgan fingerprint density at radius 1 is 0.699 bits per heavy atom. The number of rotatable bonds is 26. The highest BCUT2D eigenvalue weighted by Gasteiger charge is 2.40. The molecule has 1 saturated heterocycles. The standard InChI is InChI=1S/C47H63N11O14S/c1-23(50-26(4)61)40(65)55-34(21-59)47(72)58-16-10-15-36(58)45(70)54-32(18-28-20-49-30-14-9-8-13-29(28)30)42(67)51-24(2)41(66)57-38(25(3)60)46(71)56-35(22-73)44(69)53-33(19-37(62)63)43(68)52-31(39(48)64)17-27-11-6-5-7-12-27/h5-9,11-14,20,23-25,31-36,38,49,59-60,73H,10,15-19,21-22H2,1-4H3,(H2,48,64)(H,50,61)(H,51,67)(H,52,68)(H,53,69)(H,54,70)(H,55,65)(H,56,71)(H,57,66)(H,62,63)/t23-,24-,25+,31-,32-,33-,34-,35-,36-,38-/m0/s1. The van der Waals surface area contributed by atoms with Crippen LogP contribution in [0.4, 0.5) is 0 Å². The van der Waals surface area contributed by atoms with Gasteiger partial charge in [0, 0.05) is 49.2 Å². The number of thiol groups is 1. The summed E-state index contributed by atoms with van der Waals surface area (Å²) in [5.41, 5.74) is 7.42. The van der Waals surface area contributed by atoms with E-state index in [0.29, 0.717) is 28.5 Å². The number of carboxylic acids is 1. The highest BCUT2D eigenvalue weighted by atomic mass is 32.1. The molecule has 14 N–H and O–H groups in total. The molecule has 1 aliphatic rings. The smallest absolute Gasteiger partial charge is 0.305 e. The fraction of sp³-hybridized carbons (Fsp3) is 0.468. The Labute approximate surface area is 424 Å². The zero-order chi connectivity index (χ0) is 54.1. The summed E-state index contributed by atoms with van der Waals surface area (Å²) in [5, 5.41) is 50.1. The summed E-state index contributed by atoms with van der Waals surface area (Å²) in [7, 11) is 0. The summed E-state index contributed by atoms with van der Waals surface area (Å²) in [6.07, 6.45) is -0.622. The largest absolute Gasteiger partial charge is 0.481 e. The number of aromatic nitrogens is 1. The Bertz CT molecular complexity index is 2510. The number of aliphatic hydroxyl groups is 2. The summed E-state index contributed by atoms with van der Waals surface area (Å²) in [4.78, 5) is 148. The molecule has 0 aliphatic carbocycles. The van der Waals surface area contributed by atoms with Crippen LogP contribution >= 0.6 is 12.6 Å². The molecule has 396 valence electrons. The maximum Gasteiger partial charge on any atom is 0.305 e. The molecule has 10 amide bonds. The van der Waals surface area contributed by atoms with Gasteiger partial charge in [-0.25, -0.2) is 0 Å². The maximum atomic E-state index is 14.1. The van der Waals surface area contributed by atoms with Gasteiger partial charge >= 0.3 is 5.97 Å². The lowest BCUT2D eigenvalue weighted by Gasteiger charge is -2.30. The lowest BCUT2D eigenvalue weighted by molar-refractivity contribution is -0.143. The van der Waals surface area contributed by atoms with Crippen molar-refractivity contribution in [3.8, 4) is 0 Å². The number of likely N-dealkylation sites (tertiary alicyclic amines) is 1. The van der Waals surface area contributed by atoms with Crippen LogP contribution in [0.15, 0.2) is 60.8 Å². The number of nitrogens with two attached hydrogens (primary N) is 1. The lowest BCUT2D eigenvalue weighted by atomic mass is 10.0. The number of para-hydroxylation sites is 1. The van der Waals surface area contributed by atoms with Gasteiger partial charge in [-0.2, -0.15) is 12.6 Å². The van der Waals surface area contributed by atoms with Crippen LogP contribution < -0.4 is 48.3 Å². The van der Waals surface area contributed by atoms with Crippen molar-refractivity contribution in [3.63, 3.8) is 0 Å².